The molecular weight excluding hydrogens is 420 g/mol. The molecule has 1 heterocycles. The number of carbonyl (C=O) groups excluding carboxylic acids is 1. The molecule has 0 saturated carbocycles. The fraction of sp³-hybridized carbons (Fsp3) is 0.348. The summed E-state index contributed by atoms with van der Waals surface area (Å²) in [5.74, 6) is -0.204. The van der Waals surface area contributed by atoms with Gasteiger partial charge in [-0.2, -0.15) is 4.31 Å². The molecule has 1 aliphatic rings. The van der Waals surface area contributed by atoms with Crippen LogP contribution in [0.2, 0.25) is 5.02 Å². The number of hydrogen-bond donors (Lipinski definition) is 1. The van der Waals surface area contributed by atoms with Gasteiger partial charge in [-0.1, -0.05) is 61.0 Å². The van der Waals surface area contributed by atoms with Crippen LogP contribution in [0.1, 0.15) is 43.4 Å². The molecule has 1 atom stereocenters. The van der Waals surface area contributed by atoms with Crippen molar-refractivity contribution >= 4 is 33.6 Å². The second kappa shape index (κ2) is 10.2. The van der Waals surface area contributed by atoms with Gasteiger partial charge < -0.3 is 5.32 Å². The van der Waals surface area contributed by atoms with Crippen LogP contribution in [0.5, 0.6) is 0 Å². The van der Waals surface area contributed by atoms with Gasteiger partial charge in [0.05, 0.1) is 6.04 Å². The normalized spacial score (nSPS) is 17.1. The number of nitrogens with one attached hydrogen (secondary N) is 1. The Bertz CT molecular complexity index is 967. The zero-order valence-electron chi connectivity index (χ0n) is 17.0. The van der Waals surface area contributed by atoms with Crippen LogP contribution >= 0.6 is 11.6 Å². The molecule has 0 radical (unpaired) electrons. The predicted octanol–water partition coefficient (Wildman–Crippen LogP) is 4.62. The zero-order chi connectivity index (χ0) is 21.6. The third kappa shape index (κ3) is 5.94. The predicted molar refractivity (Wildman–Crippen MR) is 121 cm³/mol. The summed E-state index contributed by atoms with van der Waals surface area (Å²) in [7, 11) is -3.50. The summed E-state index contributed by atoms with van der Waals surface area (Å²) < 4.78 is 26.7. The number of amides is 1. The summed E-state index contributed by atoms with van der Waals surface area (Å²) in [6, 6.07) is 16.7. The third-order valence-electron chi connectivity index (χ3n) is 5.41. The molecule has 1 N–H and O–H groups in total. The molecule has 1 amide bonds. The van der Waals surface area contributed by atoms with Gasteiger partial charge in [-0.3, -0.25) is 4.79 Å². The topological polar surface area (TPSA) is 66.5 Å². The van der Waals surface area contributed by atoms with Crippen LogP contribution < -0.4 is 5.32 Å². The molecule has 7 heteroatoms. The van der Waals surface area contributed by atoms with E-state index in [2.05, 4.69) is 5.32 Å². The second-order valence-electron chi connectivity index (χ2n) is 7.45. The van der Waals surface area contributed by atoms with Gasteiger partial charge in [-0.15, -0.1) is 0 Å². The first-order valence-corrected chi connectivity index (χ1v) is 12.1. The van der Waals surface area contributed by atoms with Gasteiger partial charge in [0.15, 0.2) is 0 Å². The molecule has 3 rings (SSSR count). The van der Waals surface area contributed by atoms with Gasteiger partial charge in [0, 0.05) is 29.4 Å². The zero-order valence-corrected chi connectivity index (χ0v) is 18.6. The average Bonchev–Trinajstić information content (AvgIpc) is 2.77. The number of rotatable bonds is 7. The Kier molecular flexibility index (Phi) is 7.69. The van der Waals surface area contributed by atoms with Crippen LogP contribution in [0.3, 0.4) is 0 Å². The van der Waals surface area contributed by atoms with E-state index in [0.717, 1.165) is 17.5 Å². The maximum Gasteiger partial charge on any atom is 0.236 e. The van der Waals surface area contributed by atoms with E-state index in [9.17, 15) is 13.2 Å². The van der Waals surface area contributed by atoms with Gasteiger partial charge >= 0.3 is 0 Å². The molecule has 2 aromatic carbocycles. The maximum atomic E-state index is 12.8. The Labute approximate surface area is 183 Å². The lowest BCUT2D eigenvalue weighted by molar-refractivity contribution is -0.126. The van der Waals surface area contributed by atoms with Crippen molar-refractivity contribution in [3.05, 3.63) is 76.2 Å². The highest BCUT2D eigenvalue weighted by Gasteiger charge is 2.30. The number of benzene rings is 2. The van der Waals surface area contributed by atoms with Crippen molar-refractivity contribution in [3.63, 3.8) is 0 Å². The van der Waals surface area contributed by atoms with E-state index in [0.29, 0.717) is 31.0 Å². The number of hydrogen-bond acceptors (Lipinski definition) is 3. The molecule has 1 saturated heterocycles. The summed E-state index contributed by atoms with van der Waals surface area (Å²) in [5.41, 5.74) is 1.85. The Hall–Kier alpha value is -2.15. The minimum atomic E-state index is -3.50. The van der Waals surface area contributed by atoms with Gasteiger partial charge in [0.25, 0.3) is 0 Å². The van der Waals surface area contributed by atoms with E-state index in [-0.39, 0.29) is 17.9 Å². The monoisotopic (exact) mass is 446 g/mol. The van der Waals surface area contributed by atoms with Crippen LogP contribution in [0.4, 0.5) is 0 Å². The lowest BCUT2D eigenvalue weighted by Gasteiger charge is -2.30. The lowest BCUT2D eigenvalue weighted by atomic mass is 9.96. The highest BCUT2D eigenvalue weighted by atomic mass is 35.5. The average molecular weight is 447 g/mol. The van der Waals surface area contributed by atoms with Crippen LogP contribution in [0.25, 0.3) is 6.08 Å². The van der Waals surface area contributed by atoms with E-state index in [4.69, 9.17) is 11.6 Å². The van der Waals surface area contributed by atoms with Crippen molar-refractivity contribution in [1.82, 2.24) is 9.62 Å². The Balaban J connectivity index is 1.55. The molecule has 2 aromatic rings. The Morgan fingerprint density at radius 2 is 1.77 bits per heavy atom. The summed E-state index contributed by atoms with van der Waals surface area (Å²) in [5, 5.41) is 5.02. The van der Waals surface area contributed by atoms with E-state index < -0.39 is 10.0 Å². The SMILES string of the molecule is CCC(NC(=O)C1CCN(S(=O)(=O)C=Cc2ccccc2)CC1)c1ccc(Cl)cc1. The van der Waals surface area contributed by atoms with Crippen LogP contribution in [0, 0.1) is 5.92 Å². The minimum absolute atomic E-state index is 0.0197. The standard InChI is InChI=1S/C23H27ClN2O3S/c1-2-22(19-8-10-21(24)11-9-19)25-23(27)20-12-15-26(16-13-20)30(28,29)17-14-18-6-4-3-5-7-18/h3-11,14,17,20,22H,2,12-13,15-16H2,1H3,(H,25,27). The van der Waals surface area contributed by atoms with Gasteiger partial charge in [0.1, 0.15) is 0 Å². The van der Waals surface area contributed by atoms with Crippen molar-refractivity contribution in [2.75, 3.05) is 13.1 Å². The molecular formula is C23H27ClN2O3S. The molecule has 1 aliphatic heterocycles. The van der Waals surface area contributed by atoms with E-state index >= 15 is 0 Å². The highest BCUT2D eigenvalue weighted by molar-refractivity contribution is 7.92. The smallest absolute Gasteiger partial charge is 0.236 e. The van der Waals surface area contributed by atoms with E-state index in [1.54, 1.807) is 6.08 Å². The number of nitrogens with zero attached hydrogens (tertiary/aromatic N) is 1. The number of halogens is 1. The van der Waals surface area contributed by atoms with Crippen LogP contribution in [-0.4, -0.2) is 31.7 Å². The fourth-order valence-corrected chi connectivity index (χ4v) is 4.94. The van der Waals surface area contributed by atoms with E-state index in [1.807, 2.05) is 61.5 Å². The maximum absolute atomic E-state index is 12.8. The number of sulfonamides is 1. The number of carbonyl (C=O) groups is 1. The van der Waals surface area contributed by atoms with Gasteiger partial charge in [-0.25, -0.2) is 8.42 Å². The molecule has 5 nitrogen and oxygen atoms in total. The molecule has 0 spiro atoms. The van der Waals surface area contributed by atoms with Crippen molar-refractivity contribution in [1.29, 1.82) is 0 Å². The first-order chi connectivity index (χ1) is 14.4. The van der Waals surface area contributed by atoms with Crippen molar-refractivity contribution in [3.8, 4) is 0 Å². The first kappa shape index (κ1) is 22.5. The molecule has 0 aliphatic carbocycles. The summed E-state index contributed by atoms with van der Waals surface area (Å²) >= 11 is 5.95. The summed E-state index contributed by atoms with van der Waals surface area (Å²) in [4.78, 5) is 12.8. The van der Waals surface area contributed by atoms with Crippen molar-refractivity contribution in [2.24, 2.45) is 5.92 Å². The largest absolute Gasteiger partial charge is 0.349 e. The Morgan fingerprint density at radius 1 is 1.13 bits per heavy atom. The molecule has 1 unspecified atom stereocenters. The van der Waals surface area contributed by atoms with Crippen LogP contribution in [-0.2, 0) is 14.8 Å². The quantitative estimate of drug-likeness (QED) is 0.674. The van der Waals surface area contributed by atoms with Crippen molar-refractivity contribution in [2.45, 2.75) is 32.2 Å². The molecule has 1 fully saturated rings. The molecule has 0 bridgehead atoms. The van der Waals surface area contributed by atoms with Crippen LogP contribution in [0.15, 0.2) is 60.0 Å². The van der Waals surface area contributed by atoms with E-state index in [1.165, 1.54) is 9.71 Å². The number of piperidine rings is 1. The van der Waals surface area contributed by atoms with Gasteiger partial charge in [-0.05, 0) is 48.6 Å². The highest BCUT2D eigenvalue weighted by Crippen LogP contribution is 2.24. The fourth-order valence-electron chi connectivity index (χ4n) is 3.59. The van der Waals surface area contributed by atoms with Gasteiger partial charge in [0.2, 0.25) is 15.9 Å². The lowest BCUT2D eigenvalue weighted by Crippen LogP contribution is -2.43. The summed E-state index contributed by atoms with van der Waals surface area (Å²) in [6.07, 6.45) is 3.40. The molecule has 160 valence electrons. The second-order valence-corrected chi connectivity index (χ2v) is 9.71. The molecule has 30 heavy (non-hydrogen) atoms. The minimum Gasteiger partial charge on any atom is -0.349 e. The van der Waals surface area contributed by atoms with Crippen molar-refractivity contribution < 1.29 is 13.2 Å². The summed E-state index contributed by atoms with van der Waals surface area (Å²) in [6.45, 7) is 2.71. The first-order valence-electron chi connectivity index (χ1n) is 10.2. The third-order valence-corrected chi connectivity index (χ3v) is 7.23. The Morgan fingerprint density at radius 3 is 2.37 bits per heavy atom. The molecule has 0 aromatic heterocycles.